The van der Waals surface area contributed by atoms with Gasteiger partial charge >= 0.3 is 0 Å². The van der Waals surface area contributed by atoms with Crippen LogP contribution < -0.4 is 15.8 Å². The number of carbonyl (C=O) groups is 1. The molecule has 0 atom stereocenters. The Bertz CT molecular complexity index is 686. The number of nitrogens with zero attached hydrogens (tertiary/aromatic N) is 2. The minimum absolute atomic E-state index is 0.00609. The summed E-state index contributed by atoms with van der Waals surface area (Å²) in [6.45, 7) is 0. The van der Waals surface area contributed by atoms with Crippen molar-refractivity contribution in [1.82, 2.24) is 9.97 Å². The highest BCUT2D eigenvalue weighted by Crippen LogP contribution is 2.29. The zero-order chi connectivity index (χ0) is 15.6. The Morgan fingerprint density at radius 2 is 1.81 bits per heavy atom. The average Bonchev–Trinajstić information content (AvgIpc) is 2.43. The van der Waals surface area contributed by atoms with Crippen molar-refractivity contribution in [2.45, 2.75) is 0 Å². The zero-order valence-electron chi connectivity index (χ0n) is 10.7. The number of amides is 1. The van der Waals surface area contributed by atoms with E-state index in [1.165, 1.54) is 25.3 Å². The number of aromatic nitrogens is 2. The van der Waals surface area contributed by atoms with E-state index in [1.54, 1.807) is 0 Å². The topological polar surface area (TPSA) is 90.1 Å². The second-order valence-corrected chi connectivity index (χ2v) is 5.07. The molecule has 0 saturated carbocycles. The van der Waals surface area contributed by atoms with Crippen LogP contribution in [0.4, 0.5) is 11.6 Å². The second kappa shape index (κ2) is 6.34. The molecule has 9 heteroatoms. The van der Waals surface area contributed by atoms with Crippen molar-refractivity contribution in [3.8, 4) is 5.88 Å². The first-order valence-electron chi connectivity index (χ1n) is 5.55. The van der Waals surface area contributed by atoms with Crippen LogP contribution >= 0.6 is 34.8 Å². The number of carbonyl (C=O) groups excluding carboxylic acids is 1. The van der Waals surface area contributed by atoms with Crippen LogP contribution in [0, 0.1) is 0 Å². The summed E-state index contributed by atoms with van der Waals surface area (Å²) < 4.78 is 4.93. The van der Waals surface area contributed by atoms with Crippen molar-refractivity contribution < 1.29 is 9.53 Å². The van der Waals surface area contributed by atoms with Crippen LogP contribution in [-0.2, 0) is 0 Å². The van der Waals surface area contributed by atoms with Crippen molar-refractivity contribution in [1.29, 1.82) is 0 Å². The van der Waals surface area contributed by atoms with Crippen LogP contribution in [0.3, 0.4) is 0 Å². The van der Waals surface area contributed by atoms with E-state index in [1.807, 2.05) is 0 Å². The fourth-order valence-electron chi connectivity index (χ4n) is 1.45. The van der Waals surface area contributed by atoms with E-state index in [4.69, 9.17) is 45.3 Å². The first-order valence-corrected chi connectivity index (χ1v) is 6.68. The van der Waals surface area contributed by atoms with Crippen molar-refractivity contribution in [3.63, 3.8) is 0 Å². The van der Waals surface area contributed by atoms with Crippen molar-refractivity contribution in [2.75, 3.05) is 18.2 Å². The summed E-state index contributed by atoms with van der Waals surface area (Å²) in [6, 6.07) is 4.19. The molecular formula is C12H9Cl3N4O2. The third-order valence-electron chi connectivity index (χ3n) is 2.45. The van der Waals surface area contributed by atoms with Crippen molar-refractivity contribution >= 4 is 52.3 Å². The Kier molecular flexibility index (Phi) is 4.72. The maximum absolute atomic E-state index is 12.1. The molecule has 1 aromatic heterocycles. The molecule has 2 rings (SSSR count). The van der Waals surface area contributed by atoms with Crippen molar-refractivity contribution in [2.24, 2.45) is 0 Å². The van der Waals surface area contributed by atoms with Gasteiger partial charge < -0.3 is 10.5 Å². The number of nitrogens with two attached hydrogens (primary N) is 1. The SMILES string of the molecule is COc1cc(Cl)nc(NC(=O)c2cc(Cl)c(N)c(Cl)c2)n1. The molecule has 0 fully saturated rings. The summed E-state index contributed by atoms with van der Waals surface area (Å²) >= 11 is 17.5. The van der Waals surface area contributed by atoms with E-state index in [-0.39, 0.29) is 38.3 Å². The molecule has 1 aromatic carbocycles. The lowest BCUT2D eigenvalue weighted by molar-refractivity contribution is 0.102. The first-order chi connectivity index (χ1) is 9.90. The van der Waals surface area contributed by atoms with Gasteiger partial charge in [-0.25, -0.2) is 4.98 Å². The van der Waals surface area contributed by atoms with Crippen LogP contribution in [0.1, 0.15) is 10.4 Å². The molecular weight excluding hydrogens is 339 g/mol. The van der Waals surface area contributed by atoms with Gasteiger partial charge in [-0.3, -0.25) is 10.1 Å². The number of rotatable bonds is 3. The number of ether oxygens (including phenoxy) is 1. The summed E-state index contributed by atoms with van der Waals surface area (Å²) in [4.78, 5) is 19.9. The Morgan fingerprint density at radius 3 is 2.38 bits per heavy atom. The monoisotopic (exact) mass is 346 g/mol. The fourth-order valence-corrected chi connectivity index (χ4v) is 2.11. The van der Waals surface area contributed by atoms with E-state index in [0.717, 1.165) is 0 Å². The number of methoxy groups -OCH3 is 1. The van der Waals surface area contributed by atoms with Gasteiger partial charge in [0.1, 0.15) is 5.15 Å². The Morgan fingerprint density at radius 1 is 1.19 bits per heavy atom. The fraction of sp³-hybridized carbons (Fsp3) is 0.0833. The lowest BCUT2D eigenvalue weighted by Crippen LogP contribution is -2.15. The highest BCUT2D eigenvalue weighted by molar-refractivity contribution is 6.39. The first kappa shape index (κ1) is 15.6. The number of nitrogen functional groups attached to an aromatic ring is 1. The molecule has 110 valence electrons. The highest BCUT2D eigenvalue weighted by atomic mass is 35.5. The molecule has 0 radical (unpaired) electrons. The number of nitrogens with one attached hydrogen (secondary N) is 1. The molecule has 3 N–H and O–H groups in total. The third-order valence-corrected chi connectivity index (χ3v) is 3.27. The van der Waals surface area contributed by atoms with E-state index < -0.39 is 5.91 Å². The summed E-state index contributed by atoms with van der Waals surface area (Å²) in [7, 11) is 1.42. The van der Waals surface area contributed by atoms with Gasteiger partial charge in [0, 0.05) is 11.6 Å². The maximum atomic E-state index is 12.1. The molecule has 6 nitrogen and oxygen atoms in total. The van der Waals surface area contributed by atoms with Crippen molar-refractivity contribution in [3.05, 3.63) is 39.0 Å². The number of halogens is 3. The standard InChI is InChI=1S/C12H9Cl3N4O2/c1-21-9-4-8(15)17-12(18-9)19-11(20)5-2-6(13)10(16)7(14)3-5/h2-4H,16H2,1H3,(H,17,18,19,20). The van der Waals surface area contributed by atoms with Gasteiger partial charge in [0.15, 0.2) is 0 Å². The molecule has 1 heterocycles. The van der Waals surface area contributed by atoms with Crippen LogP contribution in [0.15, 0.2) is 18.2 Å². The van der Waals surface area contributed by atoms with Gasteiger partial charge in [0.2, 0.25) is 11.8 Å². The average molecular weight is 348 g/mol. The predicted octanol–water partition coefficient (Wildman–Crippen LogP) is 3.28. The lowest BCUT2D eigenvalue weighted by atomic mass is 10.2. The number of benzene rings is 1. The highest BCUT2D eigenvalue weighted by Gasteiger charge is 2.13. The quantitative estimate of drug-likeness (QED) is 0.657. The number of anilines is 2. The van der Waals surface area contributed by atoms with E-state index in [2.05, 4.69) is 15.3 Å². The molecule has 2 aromatic rings. The maximum Gasteiger partial charge on any atom is 0.258 e. The minimum atomic E-state index is -0.511. The van der Waals surface area contributed by atoms with Gasteiger partial charge in [0.25, 0.3) is 5.91 Å². The molecule has 0 spiro atoms. The molecule has 0 bridgehead atoms. The zero-order valence-corrected chi connectivity index (χ0v) is 12.9. The summed E-state index contributed by atoms with van der Waals surface area (Å²) in [5, 5.41) is 2.95. The van der Waals surface area contributed by atoms with Crippen LogP contribution in [-0.4, -0.2) is 23.0 Å². The molecule has 0 aliphatic rings. The molecule has 1 amide bonds. The molecule has 0 aliphatic heterocycles. The van der Waals surface area contributed by atoms with Crippen LogP contribution in [0.2, 0.25) is 15.2 Å². The molecule has 21 heavy (non-hydrogen) atoms. The normalized spacial score (nSPS) is 10.3. The number of hydrogen-bond acceptors (Lipinski definition) is 5. The third kappa shape index (κ3) is 3.66. The Hall–Kier alpha value is -1.76. The summed E-state index contributed by atoms with van der Waals surface area (Å²) in [5.74, 6) is -0.296. The minimum Gasteiger partial charge on any atom is -0.481 e. The predicted molar refractivity (Wildman–Crippen MR) is 82.4 cm³/mol. The molecule has 0 unspecified atom stereocenters. The summed E-state index contributed by atoms with van der Waals surface area (Å²) in [5.41, 5.74) is 6.02. The summed E-state index contributed by atoms with van der Waals surface area (Å²) in [6.07, 6.45) is 0. The molecule has 0 aliphatic carbocycles. The van der Waals surface area contributed by atoms with E-state index in [9.17, 15) is 4.79 Å². The lowest BCUT2D eigenvalue weighted by Gasteiger charge is -2.08. The number of hydrogen-bond donors (Lipinski definition) is 2. The van der Waals surface area contributed by atoms with Crippen LogP contribution in [0.5, 0.6) is 5.88 Å². The second-order valence-electron chi connectivity index (χ2n) is 3.86. The van der Waals surface area contributed by atoms with Gasteiger partial charge in [-0.1, -0.05) is 34.8 Å². The van der Waals surface area contributed by atoms with E-state index in [0.29, 0.717) is 0 Å². The van der Waals surface area contributed by atoms with Gasteiger partial charge in [-0.05, 0) is 12.1 Å². The largest absolute Gasteiger partial charge is 0.481 e. The van der Waals surface area contributed by atoms with E-state index >= 15 is 0 Å². The van der Waals surface area contributed by atoms with Gasteiger partial charge in [-0.15, -0.1) is 0 Å². The van der Waals surface area contributed by atoms with Gasteiger partial charge in [0.05, 0.1) is 22.8 Å². The van der Waals surface area contributed by atoms with Crippen LogP contribution in [0.25, 0.3) is 0 Å². The smallest absolute Gasteiger partial charge is 0.258 e. The van der Waals surface area contributed by atoms with Gasteiger partial charge in [-0.2, -0.15) is 4.98 Å². The Balaban J connectivity index is 2.28. The molecule has 0 saturated heterocycles. The Labute approximate surface area is 135 Å².